The maximum atomic E-state index is 6.01. The second-order valence-corrected chi connectivity index (χ2v) is 6.36. The molecule has 3 rings (SSSR count). The van der Waals surface area contributed by atoms with E-state index in [0.717, 1.165) is 17.0 Å². The summed E-state index contributed by atoms with van der Waals surface area (Å²) < 4.78 is 6.01. The highest BCUT2D eigenvalue weighted by atomic mass is 16.5. The van der Waals surface area contributed by atoms with Crippen molar-refractivity contribution in [2.24, 2.45) is 0 Å². The molecular formula is C17H23N5O. The molecular weight excluding hydrogens is 290 g/mol. The zero-order valence-corrected chi connectivity index (χ0v) is 13.6. The molecule has 23 heavy (non-hydrogen) atoms. The van der Waals surface area contributed by atoms with Gasteiger partial charge in [0.15, 0.2) is 11.6 Å². The molecule has 0 atom stereocenters. The third kappa shape index (κ3) is 3.36. The van der Waals surface area contributed by atoms with E-state index < -0.39 is 0 Å². The van der Waals surface area contributed by atoms with Crippen LogP contribution in [0.15, 0.2) is 18.5 Å². The van der Waals surface area contributed by atoms with Crippen LogP contribution in [-0.4, -0.2) is 15.0 Å². The molecule has 4 N–H and O–H groups in total. The highest BCUT2D eigenvalue weighted by Crippen LogP contribution is 2.38. The van der Waals surface area contributed by atoms with Crippen molar-refractivity contribution in [1.82, 2.24) is 15.0 Å². The number of ether oxygens (including phenoxy) is 1. The summed E-state index contributed by atoms with van der Waals surface area (Å²) in [5.41, 5.74) is 13.6. The van der Waals surface area contributed by atoms with Gasteiger partial charge in [-0.3, -0.25) is 4.98 Å². The minimum absolute atomic E-state index is 0.139. The summed E-state index contributed by atoms with van der Waals surface area (Å²) in [6.07, 6.45) is 8.36. The van der Waals surface area contributed by atoms with Crippen LogP contribution in [0.4, 0.5) is 11.8 Å². The lowest BCUT2D eigenvalue weighted by Gasteiger charge is -2.17. The topological polar surface area (TPSA) is 99.9 Å². The number of anilines is 2. The van der Waals surface area contributed by atoms with Crippen molar-refractivity contribution < 1.29 is 4.74 Å². The molecule has 0 amide bonds. The van der Waals surface area contributed by atoms with Gasteiger partial charge in [-0.25, -0.2) is 4.98 Å². The van der Waals surface area contributed by atoms with Crippen LogP contribution < -0.4 is 16.2 Å². The Bertz CT molecular complexity index is 695. The molecule has 0 saturated heterocycles. The second kappa shape index (κ2) is 6.40. The van der Waals surface area contributed by atoms with E-state index in [1.165, 1.54) is 31.9 Å². The molecule has 2 aromatic rings. The molecule has 2 aromatic heterocycles. The van der Waals surface area contributed by atoms with Gasteiger partial charge < -0.3 is 16.2 Å². The molecule has 6 nitrogen and oxygen atoms in total. The fourth-order valence-corrected chi connectivity index (χ4v) is 3.02. The van der Waals surface area contributed by atoms with Crippen molar-refractivity contribution in [2.75, 3.05) is 11.5 Å². The van der Waals surface area contributed by atoms with Crippen LogP contribution in [0.25, 0.3) is 0 Å². The van der Waals surface area contributed by atoms with Gasteiger partial charge in [0.1, 0.15) is 5.75 Å². The normalized spacial score (nSPS) is 15.3. The summed E-state index contributed by atoms with van der Waals surface area (Å²) in [5.74, 6) is 2.40. The minimum atomic E-state index is 0.139. The summed E-state index contributed by atoms with van der Waals surface area (Å²) in [4.78, 5) is 12.6. The number of hydrogen-bond donors (Lipinski definition) is 2. The lowest BCUT2D eigenvalue weighted by Crippen LogP contribution is -2.04. The Morgan fingerprint density at radius 3 is 2.48 bits per heavy atom. The number of nitrogens with zero attached hydrogens (tertiary/aromatic N) is 3. The predicted octanol–water partition coefficient (Wildman–Crippen LogP) is 3.61. The minimum Gasteiger partial charge on any atom is -0.451 e. The third-order valence-corrected chi connectivity index (χ3v) is 4.33. The largest absolute Gasteiger partial charge is 0.451 e. The first-order valence-corrected chi connectivity index (χ1v) is 8.10. The smallest absolute Gasteiger partial charge is 0.222 e. The zero-order valence-electron chi connectivity index (χ0n) is 13.6. The number of pyridine rings is 1. The van der Waals surface area contributed by atoms with Gasteiger partial charge in [-0.2, -0.15) is 4.98 Å². The van der Waals surface area contributed by atoms with Crippen LogP contribution in [-0.2, 0) is 0 Å². The van der Waals surface area contributed by atoms with E-state index in [4.69, 9.17) is 16.2 Å². The van der Waals surface area contributed by atoms with E-state index in [9.17, 15) is 0 Å². The Morgan fingerprint density at radius 1 is 1.09 bits per heavy atom. The maximum Gasteiger partial charge on any atom is 0.222 e. The van der Waals surface area contributed by atoms with Crippen LogP contribution in [0.5, 0.6) is 11.5 Å². The van der Waals surface area contributed by atoms with E-state index >= 15 is 0 Å². The monoisotopic (exact) mass is 313 g/mol. The second-order valence-electron chi connectivity index (χ2n) is 6.36. The van der Waals surface area contributed by atoms with Gasteiger partial charge in [-0.1, -0.05) is 26.7 Å². The Hall–Kier alpha value is -2.37. The molecule has 1 saturated carbocycles. The zero-order chi connectivity index (χ0) is 16.4. The molecule has 122 valence electrons. The van der Waals surface area contributed by atoms with Crippen molar-refractivity contribution in [1.29, 1.82) is 0 Å². The lowest BCUT2D eigenvalue weighted by atomic mass is 9.99. The van der Waals surface area contributed by atoms with Gasteiger partial charge in [-0.05, 0) is 18.8 Å². The van der Waals surface area contributed by atoms with E-state index in [2.05, 4.69) is 28.8 Å². The van der Waals surface area contributed by atoms with Gasteiger partial charge in [-0.15, -0.1) is 0 Å². The van der Waals surface area contributed by atoms with Crippen molar-refractivity contribution in [2.45, 2.75) is 51.4 Å². The number of rotatable bonds is 4. The fourth-order valence-electron chi connectivity index (χ4n) is 3.02. The molecule has 1 aliphatic rings. The highest BCUT2D eigenvalue weighted by Gasteiger charge is 2.21. The molecule has 0 aliphatic heterocycles. The van der Waals surface area contributed by atoms with Gasteiger partial charge in [0.2, 0.25) is 5.95 Å². The molecule has 0 bridgehead atoms. The summed E-state index contributed by atoms with van der Waals surface area (Å²) >= 11 is 0. The molecule has 0 unspecified atom stereocenters. The first-order chi connectivity index (χ1) is 11.0. The number of nitrogens with two attached hydrogens (primary N) is 2. The number of aromatic nitrogens is 3. The average molecular weight is 313 g/mol. The maximum absolute atomic E-state index is 6.01. The summed E-state index contributed by atoms with van der Waals surface area (Å²) in [5, 5.41) is 0. The fraction of sp³-hybridized carbons (Fsp3) is 0.471. The third-order valence-electron chi connectivity index (χ3n) is 4.33. The van der Waals surface area contributed by atoms with Crippen LogP contribution >= 0.6 is 0 Å². The predicted molar refractivity (Wildman–Crippen MR) is 90.5 cm³/mol. The number of hydrogen-bond acceptors (Lipinski definition) is 6. The van der Waals surface area contributed by atoms with E-state index in [1.807, 2.05) is 12.3 Å². The molecule has 1 fully saturated rings. The van der Waals surface area contributed by atoms with E-state index in [0.29, 0.717) is 17.6 Å². The Kier molecular flexibility index (Phi) is 4.32. The van der Waals surface area contributed by atoms with Crippen molar-refractivity contribution in [3.63, 3.8) is 0 Å². The summed E-state index contributed by atoms with van der Waals surface area (Å²) in [7, 11) is 0. The average Bonchev–Trinajstić information content (AvgIpc) is 3.04. The molecule has 1 aliphatic carbocycles. The van der Waals surface area contributed by atoms with Crippen LogP contribution in [0, 0.1) is 0 Å². The van der Waals surface area contributed by atoms with Crippen LogP contribution in [0.2, 0.25) is 0 Å². The summed E-state index contributed by atoms with van der Waals surface area (Å²) in [6.45, 7) is 4.23. The van der Waals surface area contributed by atoms with Crippen molar-refractivity contribution >= 4 is 11.8 Å². The van der Waals surface area contributed by atoms with Crippen LogP contribution in [0.1, 0.15) is 62.6 Å². The molecule has 0 aromatic carbocycles. The molecule has 0 spiro atoms. The molecule has 0 radical (unpaired) electrons. The first-order valence-electron chi connectivity index (χ1n) is 8.10. The SMILES string of the molecule is CC(C)c1cnc(C2CCCC2)cc1Oc1cnc(N)nc1N. The van der Waals surface area contributed by atoms with Crippen LogP contribution in [0.3, 0.4) is 0 Å². The van der Waals surface area contributed by atoms with Crippen molar-refractivity contribution in [3.05, 3.63) is 29.7 Å². The summed E-state index contributed by atoms with van der Waals surface area (Å²) in [6, 6.07) is 2.04. The Morgan fingerprint density at radius 2 is 1.83 bits per heavy atom. The van der Waals surface area contributed by atoms with E-state index in [-0.39, 0.29) is 11.8 Å². The number of nitrogen functional groups attached to an aromatic ring is 2. The molecule has 2 heterocycles. The highest BCUT2D eigenvalue weighted by molar-refractivity contribution is 5.50. The lowest BCUT2D eigenvalue weighted by molar-refractivity contribution is 0.468. The van der Waals surface area contributed by atoms with Gasteiger partial charge in [0.05, 0.1) is 6.20 Å². The van der Waals surface area contributed by atoms with Gasteiger partial charge >= 0.3 is 0 Å². The first kappa shape index (κ1) is 15.5. The Labute approximate surface area is 136 Å². The standard InChI is InChI=1S/C17H23N5O/c1-10(2)12-8-20-13(11-5-3-4-6-11)7-14(12)23-15-9-21-17(19)22-16(15)18/h7-11H,3-6H2,1-2H3,(H4,18,19,21,22). The van der Waals surface area contributed by atoms with E-state index in [1.54, 1.807) is 0 Å². The quantitative estimate of drug-likeness (QED) is 0.894. The Balaban J connectivity index is 1.95. The van der Waals surface area contributed by atoms with Gasteiger partial charge in [0.25, 0.3) is 0 Å². The van der Waals surface area contributed by atoms with Gasteiger partial charge in [0, 0.05) is 29.4 Å². The molecule has 6 heteroatoms. The van der Waals surface area contributed by atoms with Crippen molar-refractivity contribution in [3.8, 4) is 11.5 Å².